The number of nitrogens with zero attached hydrogens (tertiary/aromatic N) is 1. The lowest BCUT2D eigenvalue weighted by Gasteiger charge is -2.24. The summed E-state index contributed by atoms with van der Waals surface area (Å²) in [4.78, 5) is 26.4. The molecule has 2 aliphatic rings. The maximum absolute atomic E-state index is 12.9. The average molecular weight is 406 g/mol. The van der Waals surface area contributed by atoms with Crippen LogP contribution in [0.1, 0.15) is 24.0 Å². The molecule has 29 heavy (non-hydrogen) atoms. The Morgan fingerprint density at radius 3 is 2.72 bits per heavy atom. The van der Waals surface area contributed by atoms with Crippen molar-refractivity contribution < 1.29 is 32.2 Å². The second-order valence-corrected chi connectivity index (χ2v) is 6.83. The summed E-state index contributed by atoms with van der Waals surface area (Å²) >= 11 is 0. The molecule has 1 fully saturated rings. The van der Waals surface area contributed by atoms with E-state index in [-0.39, 0.29) is 31.4 Å². The lowest BCUT2D eigenvalue weighted by Crippen LogP contribution is -2.41. The van der Waals surface area contributed by atoms with Gasteiger partial charge in [0.05, 0.1) is 5.56 Å². The van der Waals surface area contributed by atoms with Gasteiger partial charge in [0.25, 0.3) is 0 Å². The van der Waals surface area contributed by atoms with Crippen LogP contribution in [0.4, 0.5) is 18.9 Å². The molecule has 2 heterocycles. The molecular formula is C20H17F3N2O4. The molecule has 4 rings (SSSR count). The van der Waals surface area contributed by atoms with Gasteiger partial charge in [-0.15, -0.1) is 0 Å². The molecule has 2 amide bonds. The molecule has 152 valence electrons. The van der Waals surface area contributed by atoms with Crippen LogP contribution in [-0.4, -0.2) is 29.5 Å². The third kappa shape index (κ3) is 3.98. The predicted molar refractivity (Wildman–Crippen MR) is 96.2 cm³/mol. The number of carbonyl (C=O) groups is 2. The molecular weight excluding hydrogens is 389 g/mol. The number of amides is 2. The number of fused-ring (bicyclic) bond motifs is 1. The minimum absolute atomic E-state index is 0.0344. The molecule has 0 saturated carbocycles. The second kappa shape index (κ2) is 7.31. The first-order valence-electron chi connectivity index (χ1n) is 8.97. The van der Waals surface area contributed by atoms with Crippen molar-refractivity contribution in [3.05, 3.63) is 53.6 Å². The van der Waals surface area contributed by atoms with Gasteiger partial charge in [0.1, 0.15) is 6.04 Å². The van der Waals surface area contributed by atoms with E-state index in [4.69, 9.17) is 9.47 Å². The number of hydrogen-bond donors (Lipinski definition) is 1. The third-order valence-electron chi connectivity index (χ3n) is 4.88. The van der Waals surface area contributed by atoms with Crippen molar-refractivity contribution >= 4 is 17.5 Å². The van der Waals surface area contributed by atoms with E-state index in [1.165, 1.54) is 17.0 Å². The van der Waals surface area contributed by atoms with Crippen LogP contribution in [0.25, 0.3) is 0 Å². The van der Waals surface area contributed by atoms with Gasteiger partial charge in [-0.1, -0.05) is 12.1 Å². The van der Waals surface area contributed by atoms with Gasteiger partial charge < -0.3 is 19.7 Å². The Morgan fingerprint density at radius 1 is 1.14 bits per heavy atom. The Balaban J connectivity index is 1.48. The van der Waals surface area contributed by atoms with Gasteiger partial charge >= 0.3 is 6.18 Å². The highest BCUT2D eigenvalue weighted by molar-refractivity contribution is 5.99. The maximum Gasteiger partial charge on any atom is 0.416 e. The number of nitrogens with one attached hydrogen (secondary N) is 1. The first kappa shape index (κ1) is 19.1. The van der Waals surface area contributed by atoms with E-state index in [0.717, 1.165) is 17.7 Å². The lowest BCUT2D eigenvalue weighted by atomic mass is 10.1. The van der Waals surface area contributed by atoms with Crippen LogP contribution in [0, 0.1) is 0 Å². The maximum atomic E-state index is 12.9. The minimum atomic E-state index is -4.50. The van der Waals surface area contributed by atoms with Crippen LogP contribution in [0.3, 0.4) is 0 Å². The van der Waals surface area contributed by atoms with Crippen LogP contribution < -0.4 is 14.8 Å². The predicted octanol–water partition coefficient (Wildman–Crippen LogP) is 3.56. The molecule has 2 aromatic carbocycles. The smallest absolute Gasteiger partial charge is 0.416 e. The molecule has 2 aliphatic heterocycles. The molecule has 0 aliphatic carbocycles. The zero-order valence-electron chi connectivity index (χ0n) is 15.2. The van der Waals surface area contributed by atoms with Crippen molar-refractivity contribution in [2.24, 2.45) is 0 Å². The molecule has 1 atom stereocenters. The lowest BCUT2D eigenvalue weighted by molar-refractivity contribution is -0.137. The number of benzene rings is 2. The largest absolute Gasteiger partial charge is 0.454 e. The van der Waals surface area contributed by atoms with Crippen molar-refractivity contribution in [2.75, 3.05) is 12.1 Å². The zero-order chi connectivity index (χ0) is 20.6. The third-order valence-corrected chi connectivity index (χ3v) is 4.88. The number of anilines is 1. The van der Waals surface area contributed by atoms with E-state index in [1.54, 1.807) is 18.2 Å². The van der Waals surface area contributed by atoms with E-state index >= 15 is 0 Å². The van der Waals surface area contributed by atoms with Crippen molar-refractivity contribution in [1.82, 2.24) is 4.90 Å². The van der Waals surface area contributed by atoms with Crippen LogP contribution >= 0.6 is 0 Å². The molecule has 1 unspecified atom stereocenters. The fourth-order valence-corrected chi connectivity index (χ4v) is 3.44. The topological polar surface area (TPSA) is 67.9 Å². The second-order valence-electron chi connectivity index (χ2n) is 6.83. The highest BCUT2D eigenvalue weighted by Crippen LogP contribution is 2.34. The Bertz CT molecular complexity index is 961. The van der Waals surface area contributed by atoms with E-state index in [0.29, 0.717) is 17.9 Å². The summed E-state index contributed by atoms with van der Waals surface area (Å²) < 4.78 is 49.2. The fraction of sp³-hybridized carbons (Fsp3) is 0.300. The van der Waals surface area contributed by atoms with Crippen LogP contribution in [0.2, 0.25) is 0 Å². The van der Waals surface area contributed by atoms with E-state index in [2.05, 4.69) is 5.32 Å². The molecule has 1 N–H and O–H groups in total. The number of hydrogen-bond acceptors (Lipinski definition) is 4. The summed E-state index contributed by atoms with van der Waals surface area (Å²) in [6.07, 6.45) is -4.01. The standard InChI is InChI=1S/C20H17F3N2O4/c21-20(22,23)13-2-1-3-14(9-13)24-19(27)15-5-7-18(26)25(15)10-12-4-6-16-17(8-12)29-11-28-16/h1-4,6,8-9,15H,5,7,10-11H2,(H,24,27). The summed E-state index contributed by atoms with van der Waals surface area (Å²) in [5.41, 5.74) is -0.0522. The number of ether oxygens (including phenoxy) is 2. The Labute approximate surface area is 164 Å². The first-order chi connectivity index (χ1) is 13.8. The minimum Gasteiger partial charge on any atom is -0.454 e. The van der Waals surface area contributed by atoms with Crippen molar-refractivity contribution in [2.45, 2.75) is 31.6 Å². The summed E-state index contributed by atoms with van der Waals surface area (Å²) in [6, 6.07) is 8.90. The van der Waals surface area contributed by atoms with E-state index in [1.807, 2.05) is 0 Å². The van der Waals surface area contributed by atoms with Crippen molar-refractivity contribution in [3.8, 4) is 11.5 Å². The quantitative estimate of drug-likeness (QED) is 0.843. The average Bonchev–Trinajstić information content (AvgIpc) is 3.28. The number of alkyl halides is 3. The highest BCUT2D eigenvalue weighted by Gasteiger charge is 2.36. The highest BCUT2D eigenvalue weighted by atomic mass is 19.4. The molecule has 1 saturated heterocycles. The molecule has 2 aromatic rings. The molecule has 0 bridgehead atoms. The first-order valence-corrected chi connectivity index (χ1v) is 8.97. The normalized spacial score (nSPS) is 18.2. The monoisotopic (exact) mass is 406 g/mol. The van der Waals surface area contributed by atoms with Crippen LogP contribution in [-0.2, 0) is 22.3 Å². The number of likely N-dealkylation sites (tertiary alicyclic amines) is 1. The van der Waals surface area contributed by atoms with E-state index < -0.39 is 23.7 Å². The molecule has 9 heteroatoms. The number of carbonyl (C=O) groups excluding carboxylic acids is 2. The van der Waals surface area contributed by atoms with Gasteiger partial charge in [-0.3, -0.25) is 9.59 Å². The zero-order valence-corrected chi connectivity index (χ0v) is 15.2. The van der Waals surface area contributed by atoms with Crippen LogP contribution in [0.5, 0.6) is 11.5 Å². The molecule has 6 nitrogen and oxygen atoms in total. The molecule has 0 spiro atoms. The van der Waals surface area contributed by atoms with E-state index in [9.17, 15) is 22.8 Å². The SMILES string of the molecule is O=C(Nc1cccc(C(F)(F)F)c1)C1CCC(=O)N1Cc1ccc2c(c1)OCO2. The summed E-state index contributed by atoms with van der Waals surface area (Å²) in [5.74, 6) is 0.474. The van der Waals surface area contributed by atoms with Gasteiger partial charge in [-0.05, 0) is 42.3 Å². The number of halogens is 3. The van der Waals surface area contributed by atoms with Crippen molar-refractivity contribution in [3.63, 3.8) is 0 Å². The van der Waals surface area contributed by atoms with Gasteiger partial charge in [0.2, 0.25) is 18.6 Å². The fourth-order valence-electron chi connectivity index (χ4n) is 3.44. The van der Waals surface area contributed by atoms with Crippen LogP contribution in [0.15, 0.2) is 42.5 Å². The van der Waals surface area contributed by atoms with Gasteiger partial charge in [0, 0.05) is 18.7 Å². The Kier molecular flexibility index (Phi) is 4.81. The number of rotatable bonds is 4. The summed E-state index contributed by atoms with van der Waals surface area (Å²) in [5, 5.41) is 2.50. The van der Waals surface area contributed by atoms with Crippen molar-refractivity contribution in [1.29, 1.82) is 0 Å². The van der Waals surface area contributed by atoms with Gasteiger partial charge in [-0.25, -0.2) is 0 Å². The summed E-state index contributed by atoms with van der Waals surface area (Å²) in [6.45, 7) is 0.319. The Hall–Kier alpha value is -3.23. The molecule has 0 aromatic heterocycles. The van der Waals surface area contributed by atoms with Gasteiger partial charge in [-0.2, -0.15) is 13.2 Å². The van der Waals surface area contributed by atoms with Gasteiger partial charge in [0.15, 0.2) is 11.5 Å². The Morgan fingerprint density at radius 2 is 1.93 bits per heavy atom. The summed E-state index contributed by atoms with van der Waals surface area (Å²) in [7, 11) is 0. The molecule has 0 radical (unpaired) electrons.